The van der Waals surface area contributed by atoms with Gasteiger partial charge in [-0.2, -0.15) is 0 Å². The maximum atomic E-state index is 10.7. The van der Waals surface area contributed by atoms with Crippen molar-refractivity contribution in [3.05, 3.63) is 28.0 Å². The Bertz CT molecular complexity index is 469. The van der Waals surface area contributed by atoms with Gasteiger partial charge >= 0.3 is 5.88 Å². The van der Waals surface area contributed by atoms with E-state index in [0.29, 0.717) is 24.3 Å². The number of furan rings is 1. The summed E-state index contributed by atoms with van der Waals surface area (Å²) in [6.07, 6.45) is 4.66. The molecule has 0 bridgehead atoms. The molecule has 1 aromatic heterocycles. The van der Waals surface area contributed by atoms with E-state index in [2.05, 4.69) is 4.90 Å². The third-order valence-corrected chi connectivity index (χ3v) is 4.20. The van der Waals surface area contributed by atoms with Gasteiger partial charge in [0.25, 0.3) is 0 Å². The summed E-state index contributed by atoms with van der Waals surface area (Å²) >= 11 is 0. The lowest BCUT2D eigenvalue weighted by atomic mass is 9.87. The van der Waals surface area contributed by atoms with Gasteiger partial charge in [0, 0.05) is 6.04 Å². The van der Waals surface area contributed by atoms with Crippen LogP contribution in [0.5, 0.6) is 0 Å². The molecule has 2 unspecified atom stereocenters. The molecular formula is C13H19N3O3. The van der Waals surface area contributed by atoms with Crippen molar-refractivity contribution in [1.29, 1.82) is 0 Å². The van der Waals surface area contributed by atoms with E-state index in [1.165, 1.54) is 18.9 Å². The zero-order valence-electron chi connectivity index (χ0n) is 10.8. The van der Waals surface area contributed by atoms with Crippen LogP contribution in [-0.2, 0) is 0 Å². The minimum Gasteiger partial charge on any atom is -0.404 e. The normalized spacial score (nSPS) is 28.5. The largest absolute Gasteiger partial charge is 0.433 e. The predicted octanol–water partition coefficient (Wildman–Crippen LogP) is 2.06. The van der Waals surface area contributed by atoms with E-state index in [-0.39, 0.29) is 11.9 Å². The first-order valence-electron chi connectivity index (χ1n) is 6.90. The van der Waals surface area contributed by atoms with Gasteiger partial charge in [-0.3, -0.25) is 15.0 Å². The number of nitro groups is 1. The summed E-state index contributed by atoms with van der Waals surface area (Å²) in [6.45, 7) is 1.64. The van der Waals surface area contributed by atoms with E-state index in [1.807, 2.05) is 0 Å². The molecule has 6 heteroatoms. The molecule has 0 aromatic carbocycles. The Morgan fingerprint density at radius 3 is 2.79 bits per heavy atom. The first-order valence-corrected chi connectivity index (χ1v) is 6.90. The van der Waals surface area contributed by atoms with E-state index in [0.717, 1.165) is 19.4 Å². The highest BCUT2D eigenvalue weighted by Crippen LogP contribution is 2.43. The average molecular weight is 265 g/mol. The smallest absolute Gasteiger partial charge is 0.404 e. The number of hydrogen-bond acceptors (Lipinski definition) is 5. The zero-order valence-corrected chi connectivity index (χ0v) is 10.8. The minimum absolute atomic E-state index is 0.111. The Labute approximate surface area is 111 Å². The third-order valence-electron chi connectivity index (χ3n) is 4.20. The second-order valence-corrected chi connectivity index (χ2v) is 5.48. The van der Waals surface area contributed by atoms with Crippen molar-refractivity contribution in [2.45, 2.75) is 37.8 Å². The number of nitrogens with two attached hydrogens (primary N) is 1. The number of nitrogens with zero attached hydrogens (tertiary/aromatic N) is 2. The molecule has 19 heavy (non-hydrogen) atoms. The summed E-state index contributed by atoms with van der Waals surface area (Å²) < 4.78 is 5.43. The van der Waals surface area contributed by atoms with Gasteiger partial charge in [0.1, 0.15) is 10.7 Å². The highest BCUT2D eigenvalue weighted by molar-refractivity contribution is 5.21. The van der Waals surface area contributed by atoms with Crippen molar-refractivity contribution in [3.63, 3.8) is 0 Å². The van der Waals surface area contributed by atoms with Gasteiger partial charge in [-0.25, -0.2) is 0 Å². The van der Waals surface area contributed by atoms with E-state index < -0.39 is 4.92 Å². The summed E-state index contributed by atoms with van der Waals surface area (Å²) in [4.78, 5) is 12.7. The molecule has 2 atom stereocenters. The Morgan fingerprint density at radius 1 is 1.42 bits per heavy atom. The van der Waals surface area contributed by atoms with Gasteiger partial charge in [-0.1, -0.05) is 0 Å². The Morgan fingerprint density at radius 2 is 2.21 bits per heavy atom. The SMILES string of the molecule is NCC1CCCN(C2CC2)C1c1ccc([N+](=O)[O-])o1. The molecule has 0 amide bonds. The van der Waals surface area contributed by atoms with Crippen LogP contribution in [0, 0.1) is 16.0 Å². The average Bonchev–Trinajstić information content (AvgIpc) is 3.14. The van der Waals surface area contributed by atoms with Gasteiger partial charge in [0.2, 0.25) is 0 Å². The molecule has 2 N–H and O–H groups in total. The molecule has 1 saturated carbocycles. The van der Waals surface area contributed by atoms with Gasteiger partial charge < -0.3 is 10.2 Å². The first-order chi connectivity index (χ1) is 9.20. The maximum Gasteiger partial charge on any atom is 0.433 e. The van der Waals surface area contributed by atoms with Crippen LogP contribution in [0.1, 0.15) is 37.5 Å². The van der Waals surface area contributed by atoms with E-state index in [4.69, 9.17) is 10.2 Å². The van der Waals surface area contributed by atoms with E-state index >= 15 is 0 Å². The predicted molar refractivity (Wildman–Crippen MR) is 69.6 cm³/mol. The molecule has 2 heterocycles. The van der Waals surface area contributed by atoms with Crippen LogP contribution < -0.4 is 5.73 Å². The van der Waals surface area contributed by atoms with Crippen LogP contribution in [-0.4, -0.2) is 29.0 Å². The molecule has 1 aliphatic heterocycles. The quantitative estimate of drug-likeness (QED) is 0.665. The Hall–Kier alpha value is -1.40. The molecule has 104 valence electrons. The second kappa shape index (κ2) is 4.94. The number of hydrogen-bond donors (Lipinski definition) is 1. The number of likely N-dealkylation sites (tertiary alicyclic amines) is 1. The molecule has 1 aromatic rings. The Balaban J connectivity index is 1.88. The highest BCUT2D eigenvalue weighted by atomic mass is 16.6. The fourth-order valence-electron chi connectivity index (χ4n) is 3.16. The van der Waals surface area contributed by atoms with E-state index in [9.17, 15) is 10.1 Å². The van der Waals surface area contributed by atoms with Crippen LogP contribution in [0.3, 0.4) is 0 Å². The molecule has 0 radical (unpaired) electrons. The fraction of sp³-hybridized carbons (Fsp3) is 0.692. The monoisotopic (exact) mass is 265 g/mol. The van der Waals surface area contributed by atoms with Crippen molar-refractivity contribution >= 4 is 5.88 Å². The van der Waals surface area contributed by atoms with Crippen LogP contribution in [0.25, 0.3) is 0 Å². The van der Waals surface area contributed by atoms with Crippen molar-refractivity contribution < 1.29 is 9.34 Å². The molecule has 2 fully saturated rings. The maximum absolute atomic E-state index is 10.7. The lowest BCUT2D eigenvalue weighted by Crippen LogP contribution is -2.42. The summed E-state index contributed by atoms with van der Waals surface area (Å²) in [5.74, 6) is 0.862. The molecular weight excluding hydrogens is 246 g/mol. The van der Waals surface area contributed by atoms with Crippen LogP contribution in [0.4, 0.5) is 5.88 Å². The summed E-state index contributed by atoms with van der Waals surface area (Å²) in [6, 6.07) is 3.91. The summed E-state index contributed by atoms with van der Waals surface area (Å²) in [7, 11) is 0. The van der Waals surface area contributed by atoms with Gasteiger partial charge in [-0.15, -0.1) is 0 Å². The molecule has 2 aliphatic rings. The lowest BCUT2D eigenvalue weighted by molar-refractivity contribution is -0.402. The standard InChI is InChI=1S/C13H19N3O3/c14-8-9-2-1-7-15(10-3-4-10)13(9)11-5-6-12(19-11)16(17)18/h5-6,9-10,13H,1-4,7-8,14H2. The summed E-state index contributed by atoms with van der Waals surface area (Å²) in [5.41, 5.74) is 5.88. The molecule has 3 rings (SSSR count). The second-order valence-electron chi connectivity index (χ2n) is 5.48. The molecule has 0 spiro atoms. The Kier molecular flexibility index (Phi) is 3.28. The van der Waals surface area contributed by atoms with Crippen LogP contribution in [0.2, 0.25) is 0 Å². The highest BCUT2D eigenvalue weighted by Gasteiger charge is 2.41. The zero-order chi connectivity index (χ0) is 13.4. The third kappa shape index (κ3) is 2.37. The van der Waals surface area contributed by atoms with Crippen LogP contribution >= 0.6 is 0 Å². The first kappa shape index (κ1) is 12.6. The molecule has 1 aliphatic carbocycles. The lowest BCUT2D eigenvalue weighted by Gasteiger charge is -2.40. The topological polar surface area (TPSA) is 85.5 Å². The summed E-state index contributed by atoms with van der Waals surface area (Å²) in [5, 5.41) is 10.7. The number of piperidine rings is 1. The van der Waals surface area contributed by atoms with Crippen molar-refractivity contribution in [1.82, 2.24) is 4.90 Å². The molecule has 1 saturated heterocycles. The van der Waals surface area contributed by atoms with Crippen molar-refractivity contribution in [2.75, 3.05) is 13.1 Å². The van der Waals surface area contributed by atoms with Gasteiger partial charge in [0.05, 0.1) is 12.1 Å². The van der Waals surface area contributed by atoms with Crippen molar-refractivity contribution in [2.24, 2.45) is 11.7 Å². The molecule has 6 nitrogen and oxygen atoms in total. The van der Waals surface area contributed by atoms with Crippen LogP contribution in [0.15, 0.2) is 16.5 Å². The van der Waals surface area contributed by atoms with Gasteiger partial charge in [0.15, 0.2) is 0 Å². The minimum atomic E-state index is -0.481. The van der Waals surface area contributed by atoms with Crippen molar-refractivity contribution in [3.8, 4) is 0 Å². The van der Waals surface area contributed by atoms with E-state index in [1.54, 1.807) is 6.07 Å². The number of rotatable bonds is 4. The fourth-order valence-corrected chi connectivity index (χ4v) is 3.16. The van der Waals surface area contributed by atoms with Gasteiger partial charge in [-0.05, 0) is 50.8 Å².